The molecule has 25 heavy (non-hydrogen) atoms. The Bertz CT molecular complexity index is 590. The Morgan fingerprint density at radius 3 is 2.56 bits per heavy atom. The maximum absolute atomic E-state index is 12.8. The van der Waals surface area contributed by atoms with Crippen molar-refractivity contribution in [2.75, 3.05) is 11.9 Å². The number of nitrogens with one attached hydrogen (secondary N) is 2. The number of benzene rings is 1. The highest BCUT2D eigenvalue weighted by Crippen LogP contribution is 2.31. The molecule has 2 N–H and O–H groups in total. The van der Waals surface area contributed by atoms with Gasteiger partial charge in [-0.25, -0.2) is 4.79 Å². The molecule has 1 unspecified atom stereocenters. The SMILES string of the molecule is CC(C)C[C@H](NC(=O)C1CCNc2ccccc21)C(=O)OC(C)C.Cl. The summed E-state index contributed by atoms with van der Waals surface area (Å²) in [6.07, 6.45) is 1.10. The number of anilines is 1. The van der Waals surface area contributed by atoms with Gasteiger partial charge >= 0.3 is 5.97 Å². The Hall–Kier alpha value is -1.75. The van der Waals surface area contributed by atoms with Crippen molar-refractivity contribution in [2.45, 2.75) is 58.6 Å². The normalized spacial score (nSPS) is 17.1. The highest BCUT2D eigenvalue weighted by molar-refractivity contribution is 5.90. The highest BCUT2D eigenvalue weighted by atomic mass is 35.5. The van der Waals surface area contributed by atoms with Crippen molar-refractivity contribution in [3.8, 4) is 0 Å². The Morgan fingerprint density at radius 1 is 1.24 bits per heavy atom. The molecule has 1 aliphatic rings. The van der Waals surface area contributed by atoms with Gasteiger partial charge in [0, 0.05) is 12.2 Å². The van der Waals surface area contributed by atoms with Crippen molar-refractivity contribution in [3.63, 3.8) is 0 Å². The molecule has 0 aliphatic carbocycles. The Balaban J connectivity index is 0.00000312. The summed E-state index contributed by atoms with van der Waals surface area (Å²) in [5.41, 5.74) is 1.98. The zero-order valence-electron chi connectivity index (χ0n) is 15.4. The fourth-order valence-corrected chi connectivity index (χ4v) is 3.01. The minimum Gasteiger partial charge on any atom is -0.461 e. The van der Waals surface area contributed by atoms with E-state index in [0.29, 0.717) is 6.42 Å². The minimum atomic E-state index is -0.595. The van der Waals surface area contributed by atoms with Gasteiger partial charge in [-0.3, -0.25) is 4.79 Å². The quantitative estimate of drug-likeness (QED) is 0.754. The van der Waals surface area contributed by atoms with E-state index >= 15 is 0 Å². The standard InChI is InChI=1S/C19H28N2O3.ClH/c1-12(2)11-17(19(23)24-13(3)4)21-18(22)15-9-10-20-16-8-6-5-7-14(15)16;/h5-8,12-13,15,17,20H,9-11H2,1-4H3,(H,21,22);1H/t15?,17-;/m0./s1. The number of rotatable bonds is 6. The molecule has 0 bridgehead atoms. The van der Waals surface area contributed by atoms with Crippen molar-refractivity contribution in [3.05, 3.63) is 29.8 Å². The van der Waals surface area contributed by atoms with Crippen molar-refractivity contribution < 1.29 is 14.3 Å². The molecule has 0 fully saturated rings. The van der Waals surface area contributed by atoms with E-state index in [-0.39, 0.29) is 42.2 Å². The molecule has 0 aromatic heterocycles. The summed E-state index contributed by atoms with van der Waals surface area (Å²) in [5.74, 6) is -0.399. The molecule has 0 saturated heterocycles. The molecule has 2 atom stereocenters. The van der Waals surface area contributed by atoms with Crippen LogP contribution in [0.3, 0.4) is 0 Å². The smallest absolute Gasteiger partial charge is 0.328 e. The molecule has 0 spiro atoms. The van der Waals surface area contributed by atoms with Gasteiger partial charge < -0.3 is 15.4 Å². The number of fused-ring (bicyclic) bond motifs is 1. The van der Waals surface area contributed by atoms with Gasteiger partial charge in [0.15, 0.2) is 0 Å². The second kappa shape index (κ2) is 9.66. The third-order valence-electron chi connectivity index (χ3n) is 4.06. The minimum absolute atomic E-state index is 0. The summed E-state index contributed by atoms with van der Waals surface area (Å²) in [6, 6.07) is 7.24. The molecule has 140 valence electrons. The van der Waals surface area contributed by atoms with Crippen molar-refractivity contribution in [1.82, 2.24) is 5.32 Å². The molecule has 1 heterocycles. The highest BCUT2D eigenvalue weighted by Gasteiger charge is 2.30. The average molecular weight is 369 g/mol. The largest absolute Gasteiger partial charge is 0.461 e. The van der Waals surface area contributed by atoms with Crippen molar-refractivity contribution >= 4 is 30.0 Å². The number of hydrogen-bond acceptors (Lipinski definition) is 4. The predicted octanol–water partition coefficient (Wildman–Crippen LogP) is 3.49. The Morgan fingerprint density at radius 2 is 1.92 bits per heavy atom. The lowest BCUT2D eigenvalue weighted by Gasteiger charge is -2.28. The van der Waals surface area contributed by atoms with Crippen LogP contribution in [-0.4, -0.2) is 30.6 Å². The van der Waals surface area contributed by atoms with Gasteiger partial charge in [-0.1, -0.05) is 32.0 Å². The fourth-order valence-electron chi connectivity index (χ4n) is 3.01. The number of hydrogen-bond donors (Lipinski definition) is 2. The summed E-state index contributed by atoms with van der Waals surface area (Å²) in [6.45, 7) is 8.44. The third kappa shape index (κ3) is 5.92. The van der Waals surface area contributed by atoms with Crippen LogP contribution in [0.15, 0.2) is 24.3 Å². The van der Waals surface area contributed by atoms with Gasteiger partial charge in [0.05, 0.1) is 12.0 Å². The van der Waals surface area contributed by atoms with E-state index in [1.54, 1.807) is 0 Å². The lowest BCUT2D eigenvalue weighted by molar-refractivity contribution is -0.152. The second-order valence-corrected chi connectivity index (χ2v) is 7.03. The predicted molar refractivity (Wildman–Crippen MR) is 102 cm³/mol. The van der Waals surface area contributed by atoms with E-state index in [1.807, 2.05) is 52.0 Å². The van der Waals surface area contributed by atoms with Crippen LogP contribution >= 0.6 is 12.4 Å². The zero-order valence-corrected chi connectivity index (χ0v) is 16.2. The number of ether oxygens (including phenoxy) is 1. The molecular formula is C19H29ClN2O3. The fraction of sp³-hybridized carbons (Fsp3) is 0.579. The summed E-state index contributed by atoms with van der Waals surface area (Å²) < 4.78 is 5.30. The second-order valence-electron chi connectivity index (χ2n) is 7.03. The molecule has 1 amide bonds. The third-order valence-corrected chi connectivity index (χ3v) is 4.06. The first kappa shape index (κ1) is 21.3. The number of carbonyl (C=O) groups is 2. The van der Waals surface area contributed by atoms with Gasteiger partial charge in [-0.05, 0) is 44.2 Å². The van der Waals surface area contributed by atoms with E-state index in [1.165, 1.54) is 0 Å². The van der Waals surface area contributed by atoms with E-state index in [4.69, 9.17) is 4.74 Å². The van der Waals surface area contributed by atoms with Crippen LogP contribution in [0, 0.1) is 5.92 Å². The van der Waals surface area contributed by atoms with Crippen LogP contribution in [0.1, 0.15) is 52.0 Å². The van der Waals surface area contributed by atoms with Gasteiger partial charge in [0.1, 0.15) is 6.04 Å². The van der Waals surface area contributed by atoms with Crippen LogP contribution in [0.4, 0.5) is 5.69 Å². The summed E-state index contributed by atoms with van der Waals surface area (Å²) in [7, 11) is 0. The summed E-state index contributed by atoms with van der Waals surface area (Å²) >= 11 is 0. The number of esters is 1. The molecule has 1 aliphatic heterocycles. The molecule has 0 radical (unpaired) electrons. The monoisotopic (exact) mass is 368 g/mol. The van der Waals surface area contributed by atoms with Crippen LogP contribution in [0.5, 0.6) is 0 Å². The van der Waals surface area contributed by atoms with Gasteiger partial charge in [0.25, 0.3) is 0 Å². The molecule has 6 heteroatoms. The van der Waals surface area contributed by atoms with E-state index in [9.17, 15) is 9.59 Å². The Kier molecular flexibility index (Phi) is 8.23. The van der Waals surface area contributed by atoms with Gasteiger partial charge in [-0.15, -0.1) is 12.4 Å². The topological polar surface area (TPSA) is 67.4 Å². The van der Waals surface area contributed by atoms with E-state index < -0.39 is 6.04 Å². The summed E-state index contributed by atoms with van der Waals surface area (Å²) in [5, 5.41) is 6.23. The molecule has 5 nitrogen and oxygen atoms in total. The maximum Gasteiger partial charge on any atom is 0.328 e. The molecule has 1 aromatic rings. The number of halogens is 1. The van der Waals surface area contributed by atoms with Crippen LogP contribution in [0.25, 0.3) is 0 Å². The first-order valence-electron chi connectivity index (χ1n) is 8.72. The first-order valence-corrected chi connectivity index (χ1v) is 8.72. The maximum atomic E-state index is 12.8. The van der Waals surface area contributed by atoms with Crippen LogP contribution in [-0.2, 0) is 14.3 Å². The van der Waals surface area contributed by atoms with Crippen LogP contribution < -0.4 is 10.6 Å². The summed E-state index contributed by atoms with van der Waals surface area (Å²) in [4.78, 5) is 25.1. The molecule has 2 rings (SSSR count). The lowest BCUT2D eigenvalue weighted by Crippen LogP contribution is -2.46. The number of carbonyl (C=O) groups excluding carboxylic acids is 2. The molecule has 1 aromatic carbocycles. The first-order chi connectivity index (χ1) is 11.4. The van der Waals surface area contributed by atoms with Crippen molar-refractivity contribution in [1.29, 1.82) is 0 Å². The van der Waals surface area contributed by atoms with Crippen LogP contribution in [0.2, 0.25) is 0 Å². The van der Waals surface area contributed by atoms with E-state index in [0.717, 1.165) is 24.2 Å². The molecular weight excluding hydrogens is 340 g/mol. The van der Waals surface area contributed by atoms with Crippen molar-refractivity contribution in [2.24, 2.45) is 5.92 Å². The van der Waals surface area contributed by atoms with Gasteiger partial charge in [-0.2, -0.15) is 0 Å². The molecule has 0 saturated carbocycles. The van der Waals surface area contributed by atoms with E-state index in [2.05, 4.69) is 10.6 Å². The lowest BCUT2D eigenvalue weighted by atomic mass is 9.89. The zero-order chi connectivity index (χ0) is 17.7. The number of para-hydroxylation sites is 1. The van der Waals surface area contributed by atoms with Gasteiger partial charge in [0.2, 0.25) is 5.91 Å². The average Bonchev–Trinajstić information content (AvgIpc) is 2.52. The number of amides is 1. The Labute approximate surface area is 156 Å².